The fraction of sp³-hybridized carbons (Fsp3) is 0.462. The van der Waals surface area contributed by atoms with Crippen LogP contribution in [0.2, 0.25) is 0 Å². The number of carbonyl (C=O) groups excluding carboxylic acids is 1. The number of nitrogens with zero attached hydrogens (tertiary/aromatic N) is 1. The number of aliphatic carboxylic acids is 1. The van der Waals surface area contributed by atoms with E-state index in [9.17, 15) is 27.9 Å². The van der Waals surface area contributed by atoms with Gasteiger partial charge in [0.05, 0.1) is 5.60 Å². The highest BCUT2D eigenvalue weighted by atomic mass is 19.4. The molecule has 0 spiro atoms. The van der Waals surface area contributed by atoms with E-state index in [0.717, 1.165) is 27.8 Å². The molecule has 2 amide bonds. The molecule has 0 saturated carbocycles. The number of ether oxygens (including phenoxy) is 1. The number of nitrogens with one attached hydrogen (secondary N) is 1. The third-order valence-electron chi connectivity index (χ3n) is 6.04. The van der Waals surface area contributed by atoms with Crippen LogP contribution in [0.25, 0.3) is 11.1 Å². The van der Waals surface area contributed by atoms with Crippen molar-refractivity contribution in [1.29, 1.82) is 0 Å². The van der Waals surface area contributed by atoms with E-state index in [-0.39, 0.29) is 13.1 Å². The van der Waals surface area contributed by atoms with Crippen LogP contribution in [0.15, 0.2) is 24.3 Å². The van der Waals surface area contributed by atoms with Crippen LogP contribution in [0, 0.1) is 20.8 Å². The Balaban J connectivity index is 2.16. The maximum absolute atomic E-state index is 12.6. The first kappa shape index (κ1) is 26.5. The third kappa shape index (κ3) is 5.96. The highest BCUT2D eigenvalue weighted by Gasteiger charge is 2.37. The van der Waals surface area contributed by atoms with Crippen LogP contribution in [-0.4, -0.2) is 40.3 Å². The molecule has 0 saturated heterocycles. The summed E-state index contributed by atoms with van der Waals surface area (Å²) in [6.45, 7) is 9.69. The number of hydrogen-bond donors (Lipinski definition) is 2. The summed E-state index contributed by atoms with van der Waals surface area (Å²) in [5.41, 5.74) is 5.26. The number of rotatable bonds is 5. The van der Waals surface area contributed by atoms with Crippen LogP contribution in [0.1, 0.15) is 60.3 Å². The number of fused-ring (bicyclic) bond motifs is 1. The Bertz CT molecular complexity index is 1140. The number of alkyl halides is 3. The highest BCUT2D eigenvalue weighted by Crippen LogP contribution is 2.43. The lowest BCUT2D eigenvalue weighted by atomic mass is 9.83. The van der Waals surface area contributed by atoms with E-state index in [4.69, 9.17) is 4.74 Å². The molecule has 2 N–H and O–H groups in total. The van der Waals surface area contributed by atoms with Crippen LogP contribution in [-0.2, 0) is 22.6 Å². The molecule has 6 nitrogen and oxygen atoms in total. The minimum absolute atomic E-state index is 0.0781. The van der Waals surface area contributed by atoms with Gasteiger partial charge in [0.1, 0.15) is 6.54 Å². The Morgan fingerprint density at radius 3 is 2.06 bits per heavy atom. The molecule has 1 aliphatic heterocycles. The molecule has 0 radical (unpaired) electrons. The van der Waals surface area contributed by atoms with Crippen molar-refractivity contribution in [2.24, 2.45) is 0 Å². The minimum atomic E-state index is -4.52. The zero-order valence-corrected chi connectivity index (χ0v) is 20.8. The number of urea groups is 1. The number of carbonyl (C=O) groups is 2. The number of amides is 2. The summed E-state index contributed by atoms with van der Waals surface area (Å²) in [6, 6.07) is 6.85. The first-order valence-electron chi connectivity index (χ1n) is 11.3. The van der Waals surface area contributed by atoms with Gasteiger partial charge in [0.15, 0.2) is 6.10 Å². The summed E-state index contributed by atoms with van der Waals surface area (Å²) in [7, 11) is 0. The Morgan fingerprint density at radius 2 is 1.57 bits per heavy atom. The van der Waals surface area contributed by atoms with E-state index < -0.39 is 36.4 Å². The fourth-order valence-electron chi connectivity index (χ4n) is 4.46. The van der Waals surface area contributed by atoms with Gasteiger partial charge in [0.2, 0.25) is 0 Å². The molecule has 0 unspecified atom stereocenters. The lowest BCUT2D eigenvalue weighted by Gasteiger charge is -2.29. The molecule has 190 valence electrons. The normalized spacial score (nSPS) is 14.6. The van der Waals surface area contributed by atoms with Gasteiger partial charge in [0.25, 0.3) is 0 Å². The summed E-state index contributed by atoms with van der Waals surface area (Å²) < 4.78 is 43.8. The van der Waals surface area contributed by atoms with E-state index in [2.05, 4.69) is 0 Å². The van der Waals surface area contributed by atoms with Crippen LogP contribution < -0.4 is 5.32 Å². The van der Waals surface area contributed by atoms with Gasteiger partial charge in [-0.1, -0.05) is 29.8 Å². The summed E-state index contributed by atoms with van der Waals surface area (Å²) in [5, 5.41) is 12.1. The SMILES string of the molecule is Cc1ccc(-c2c(C)c3c(c(C)c2[C@H](OC(C)(C)C)C(=O)O)CN(C(=O)NCC(F)(F)F)C3)cc1. The van der Waals surface area contributed by atoms with Gasteiger partial charge in [0, 0.05) is 18.7 Å². The molecule has 0 aromatic heterocycles. The van der Waals surface area contributed by atoms with E-state index >= 15 is 0 Å². The van der Waals surface area contributed by atoms with Crippen molar-refractivity contribution in [3.63, 3.8) is 0 Å². The van der Waals surface area contributed by atoms with Crippen molar-refractivity contribution in [1.82, 2.24) is 10.2 Å². The van der Waals surface area contributed by atoms with Gasteiger partial charge >= 0.3 is 18.2 Å². The zero-order chi connectivity index (χ0) is 26.3. The smallest absolute Gasteiger partial charge is 0.405 e. The Morgan fingerprint density at radius 1 is 1.03 bits per heavy atom. The summed E-state index contributed by atoms with van der Waals surface area (Å²) in [5.74, 6) is -1.14. The van der Waals surface area contributed by atoms with E-state index in [1.165, 1.54) is 4.90 Å². The van der Waals surface area contributed by atoms with Gasteiger partial charge in [-0.15, -0.1) is 0 Å². The van der Waals surface area contributed by atoms with Crippen LogP contribution in [0.5, 0.6) is 0 Å². The molecular weight excluding hydrogens is 461 g/mol. The van der Waals surface area contributed by atoms with Crippen molar-refractivity contribution in [3.05, 3.63) is 57.6 Å². The van der Waals surface area contributed by atoms with Crippen LogP contribution >= 0.6 is 0 Å². The quantitative estimate of drug-likeness (QED) is 0.552. The zero-order valence-electron chi connectivity index (χ0n) is 20.8. The van der Waals surface area contributed by atoms with Gasteiger partial charge < -0.3 is 20.1 Å². The van der Waals surface area contributed by atoms with Crippen molar-refractivity contribution in [2.75, 3.05) is 6.54 Å². The Hall–Kier alpha value is -3.07. The number of benzene rings is 2. The molecule has 2 aromatic carbocycles. The van der Waals surface area contributed by atoms with Crippen LogP contribution in [0.3, 0.4) is 0 Å². The second-order valence-electron chi connectivity index (χ2n) is 9.94. The molecule has 0 aliphatic carbocycles. The second kappa shape index (κ2) is 9.53. The first-order valence-corrected chi connectivity index (χ1v) is 11.3. The predicted octanol–water partition coefficient (Wildman–Crippen LogP) is 5.81. The average Bonchev–Trinajstić information content (AvgIpc) is 3.19. The molecule has 2 aromatic rings. The van der Waals surface area contributed by atoms with Gasteiger partial charge in [-0.05, 0) is 74.9 Å². The van der Waals surface area contributed by atoms with Gasteiger partial charge in [-0.25, -0.2) is 9.59 Å². The topological polar surface area (TPSA) is 78.9 Å². The number of carboxylic acid groups (broad SMARTS) is 1. The lowest BCUT2D eigenvalue weighted by Crippen LogP contribution is -2.41. The molecule has 9 heteroatoms. The molecule has 3 rings (SSSR count). The molecule has 35 heavy (non-hydrogen) atoms. The van der Waals surface area contributed by atoms with E-state index in [1.807, 2.05) is 43.4 Å². The minimum Gasteiger partial charge on any atom is -0.479 e. The second-order valence-corrected chi connectivity index (χ2v) is 9.94. The van der Waals surface area contributed by atoms with Crippen LogP contribution in [0.4, 0.5) is 18.0 Å². The average molecular weight is 493 g/mol. The van der Waals surface area contributed by atoms with E-state index in [0.29, 0.717) is 16.7 Å². The first-order chi connectivity index (χ1) is 16.1. The Kier molecular flexibility index (Phi) is 7.22. The fourth-order valence-corrected chi connectivity index (χ4v) is 4.46. The molecule has 1 atom stereocenters. The third-order valence-corrected chi connectivity index (χ3v) is 6.04. The number of carboxylic acids is 1. The van der Waals surface area contributed by atoms with Crippen molar-refractivity contribution in [2.45, 2.75) is 72.5 Å². The summed E-state index contributed by atoms with van der Waals surface area (Å²) >= 11 is 0. The van der Waals surface area contributed by atoms with E-state index in [1.54, 1.807) is 27.7 Å². The van der Waals surface area contributed by atoms with Gasteiger partial charge in [-0.3, -0.25) is 0 Å². The maximum Gasteiger partial charge on any atom is 0.405 e. The standard InChI is InChI=1S/C26H31F3N2O4/c1-14-7-9-17(10-8-14)20-15(2)18-11-31(24(34)30-13-26(27,28)29)12-19(18)16(3)21(20)22(23(32)33)35-25(4,5)6/h7-10,22H,11-13H2,1-6H3,(H,30,34)(H,32,33)/t22-/m0/s1. The predicted molar refractivity (Wildman–Crippen MR) is 126 cm³/mol. The van der Waals surface area contributed by atoms with Gasteiger partial charge in [-0.2, -0.15) is 13.2 Å². The number of hydrogen-bond acceptors (Lipinski definition) is 3. The monoisotopic (exact) mass is 492 g/mol. The molecule has 0 fully saturated rings. The number of halogens is 3. The maximum atomic E-state index is 12.6. The van der Waals surface area contributed by atoms with Crippen molar-refractivity contribution < 1.29 is 32.6 Å². The Labute approximate surface area is 203 Å². The summed E-state index contributed by atoms with van der Waals surface area (Å²) in [6.07, 6.45) is -5.79. The van der Waals surface area contributed by atoms with Crippen molar-refractivity contribution in [3.8, 4) is 11.1 Å². The molecule has 1 aliphatic rings. The molecule has 1 heterocycles. The summed E-state index contributed by atoms with van der Waals surface area (Å²) in [4.78, 5) is 26.2. The molecule has 0 bridgehead atoms. The van der Waals surface area contributed by atoms with Crippen molar-refractivity contribution >= 4 is 12.0 Å². The largest absolute Gasteiger partial charge is 0.479 e. The lowest BCUT2D eigenvalue weighted by molar-refractivity contribution is -0.160. The number of aryl methyl sites for hydroxylation is 1. The highest BCUT2D eigenvalue weighted by molar-refractivity contribution is 5.85. The molecular formula is C26H31F3N2O4.